The van der Waals surface area contributed by atoms with Crippen LogP contribution >= 0.6 is 0 Å². The molecule has 0 unspecified atom stereocenters. The highest BCUT2D eigenvalue weighted by Crippen LogP contribution is 2.09. The van der Waals surface area contributed by atoms with Gasteiger partial charge >= 0.3 is 11.8 Å². The molecule has 1 aromatic heterocycles. The predicted molar refractivity (Wildman–Crippen MR) is 98.5 cm³/mol. The van der Waals surface area contributed by atoms with Crippen molar-refractivity contribution in [1.82, 2.24) is 10.4 Å². The van der Waals surface area contributed by atoms with Gasteiger partial charge in [-0.3, -0.25) is 14.4 Å². The van der Waals surface area contributed by atoms with Crippen molar-refractivity contribution >= 4 is 34.9 Å². The fourth-order valence-electron chi connectivity index (χ4n) is 2.00. The molecule has 0 saturated carbocycles. The summed E-state index contributed by atoms with van der Waals surface area (Å²) in [5.74, 6) is -1.67. The zero-order valence-corrected chi connectivity index (χ0v) is 14.4. The highest BCUT2D eigenvalue weighted by Gasteiger charge is 2.13. The van der Waals surface area contributed by atoms with Gasteiger partial charge in [-0.15, -0.1) is 0 Å². The van der Waals surface area contributed by atoms with E-state index in [0.717, 1.165) is 5.56 Å². The molecule has 0 saturated heterocycles. The molecule has 2 aromatic rings. The van der Waals surface area contributed by atoms with Crippen molar-refractivity contribution in [3.63, 3.8) is 0 Å². The van der Waals surface area contributed by atoms with Crippen LogP contribution < -0.4 is 16.1 Å². The number of nitrogens with one attached hydrogen (secondary N) is 3. The maximum Gasteiger partial charge on any atom is 0.329 e. The second kappa shape index (κ2) is 9.07. The Kier molecular flexibility index (Phi) is 6.55. The second-order valence-electron chi connectivity index (χ2n) is 5.55. The summed E-state index contributed by atoms with van der Waals surface area (Å²) in [5.41, 5.74) is 3.94. The molecule has 0 aliphatic rings. The van der Waals surface area contributed by atoms with Crippen LogP contribution in [0.15, 0.2) is 53.8 Å². The molecule has 0 bridgehead atoms. The number of carbonyl (C=O) groups is 3. The van der Waals surface area contributed by atoms with Gasteiger partial charge < -0.3 is 10.6 Å². The summed E-state index contributed by atoms with van der Waals surface area (Å²) in [6, 6.07) is 12.2. The summed E-state index contributed by atoms with van der Waals surface area (Å²) < 4.78 is 0. The van der Waals surface area contributed by atoms with Crippen LogP contribution in [0.3, 0.4) is 0 Å². The summed E-state index contributed by atoms with van der Waals surface area (Å²) in [5, 5.41) is 8.83. The van der Waals surface area contributed by atoms with Gasteiger partial charge in [-0.1, -0.05) is 18.2 Å². The van der Waals surface area contributed by atoms with Crippen molar-refractivity contribution in [3.8, 4) is 0 Å². The second-order valence-corrected chi connectivity index (χ2v) is 5.55. The average molecular weight is 353 g/mol. The number of aryl methyl sites for hydroxylation is 1. The van der Waals surface area contributed by atoms with Crippen molar-refractivity contribution in [2.75, 3.05) is 10.6 Å². The monoisotopic (exact) mass is 353 g/mol. The lowest BCUT2D eigenvalue weighted by atomic mass is 10.2. The minimum Gasteiger partial charge on any atom is -0.318 e. The number of hydrogen-bond acceptors (Lipinski definition) is 5. The molecule has 0 fully saturated rings. The smallest absolute Gasteiger partial charge is 0.318 e. The number of hydrogen-bond donors (Lipinski definition) is 3. The molecule has 0 radical (unpaired) electrons. The van der Waals surface area contributed by atoms with E-state index in [1.165, 1.54) is 0 Å². The third kappa shape index (κ3) is 6.16. The van der Waals surface area contributed by atoms with E-state index in [9.17, 15) is 14.4 Å². The van der Waals surface area contributed by atoms with E-state index < -0.39 is 11.8 Å². The van der Waals surface area contributed by atoms with E-state index in [1.54, 1.807) is 49.5 Å². The van der Waals surface area contributed by atoms with E-state index in [-0.39, 0.29) is 12.3 Å². The Morgan fingerprint density at radius 2 is 1.85 bits per heavy atom. The van der Waals surface area contributed by atoms with E-state index >= 15 is 0 Å². The Bertz CT molecular complexity index is 834. The van der Waals surface area contributed by atoms with Gasteiger partial charge in [0.2, 0.25) is 5.91 Å². The van der Waals surface area contributed by atoms with Crippen molar-refractivity contribution in [2.24, 2.45) is 5.10 Å². The Labute approximate surface area is 150 Å². The molecule has 0 aliphatic heterocycles. The number of amides is 3. The molecule has 8 nitrogen and oxygen atoms in total. The first-order chi connectivity index (χ1) is 12.4. The van der Waals surface area contributed by atoms with E-state index in [4.69, 9.17) is 0 Å². The van der Waals surface area contributed by atoms with Gasteiger partial charge in [-0.2, -0.15) is 5.10 Å². The third-order valence-electron chi connectivity index (χ3n) is 3.18. The summed E-state index contributed by atoms with van der Waals surface area (Å²) in [6.45, 7) is 3.44. The molecule has 1 aromatic carbocycles. The highest BCUT2D eigenvalue weighted by atomic mass is 16.2. The number of nitrogens with zero attached hydrogens (tertiary/aromatic N) is 2. The molecule has 0 atom stereocenters. The van der Waals surface area contributed by atoms with E-state index in [1.807, 2.05) is 13.0 Å². The molecular formula is C18H19N5O3. The van der Waals surface area contributed by atoms with Crippen LogP contribution in [0.2, 0.25) is 0 Å². The topological polar surface area (TPSA) is 113 Å². The molecule has 0 spiro atoms. The molecule has 1 heterocycles. The number of aromatic nitrogens is 1. The fraction of sp³-hybridized carbons (Fsp3) is 0.167. The maximum atomic E-state index is 11.9. The molecule has 3 N–H and O–H groups in total. The molecule has 134 valence electrons. The van der Waals surface area contributed by atoms with Crippen LogP contribution in [0.5, 0.6) is 0 Å². The number of hydrazone groups is 1. The third-order valence-corrected chi connectivity index (χ3v) is 3.18. The van der Waals surface area contributed by atoms with Gasteiger partial charge in [0.1, 0.15) is 5.82 Å². The lowest BCUT2D eigenvalue weighted by molar-refractivity contribution is -0.136. The van der Waals surface area contributed by atoms with Crippen molar-refractivity contribution in [3.05, 3.63) is 54.2 Å². The van der Waals surface area contributed by atoms with Crippen molar-refractivity contribution in [1.29, 1.82) is 0 Å². The Hall–Kier alpha value is -3.55. The lowest BCUT2D eigenvalue weighted by Crippen LogP contribution is -2.33. The van der Waals surface area contributed by atoms with Gasteiger partial charge in [0.05, 0.1) is 6.42 Å². The van der Waals surface area contributed by atoms with Crippen LogP contribution in [-0.4, -0.2) is 28.4 Å². The van der Waals surface area contributed by atoms with Crippen LogP contribution in [0, 0.1) is 6.92 Å². The quantitative estimate of drug-likeness (QED) is 0.432. The minimum atomic E-state index is -0.920. The van der Waals surface area contributed by atoms with Crippen LogP contribution in [0.1, 0.15) is 18.9 Å². The molecule has 26 heavy (non-hydrogen) atoms. The number of carbonyl (C=O) groups excluding carboxylic acids is 3. The first-order valence-corrected chi connectivity index (χ1v) is 7.86. The van der Waals surface area contributed by atoms with E-state index in [2.05, 4.69) is 26.1 Å². The predicted octanol–water partition coefficient (Wildman–Crippen LogP) is 1.85. The Balaban J connectivity index is 1.82. The summed E-state index contributed by atoms with van der Waals surface area (Å²) in [7, 11) is 0. The fourth-order valence-corrected chi connectivity index (χ4v) is 2.00. The maximum absolute atomic E-state index is 11.9. The molecular weight excluding hydrogens is 334 g/mol. The first kappa shape index (κ1) is 18.8. The zero-order valence-electron chi connectivity index (χ0n) is 14.4. The Morgan fingerprint density at radius 3 is 2.54 bits per heavy atom. The van der Waals surface area contributed by atoms with Gasteiger partial charge in [-0.05, 0) is 43.7 Å². The SMILES string of the molecule is C/C(CC(=O)Nc1ccccn1)=N/NC(=O)C(=O)Nc1cccc(C)c1. The molecule has 8 heteroatoms. The standard InChI is InChI=1S/C18H19N5O3/c1-12-6-5-7-14(10-12)20-17(25)18(26)23-22-13(2)11-16(24)21-15-8-3-4-9-19-15/h3-10H,11H2,1-2H3,(H,20,25)(H,23,26)(H,19,21,24)/b22-13-. The summed E-state index contributed by atoms with van der Waals surface area (Å²) >= 11 is 0. The van der Waals surface area contributed by atoms with Gasteiger partial charge in [0, 0.05) is 17.6 Å². The first-order valence-electron chi connectivity index (χ1n) is 7.86. The van der Waals surface area contributed by atoms with E-state index in [0.29, 0.717) is 17.2 Å². The molecule has 2 rings (SSSR count). The van der Waals surface area contributed by atoms with Crippen LogP contribution in [0.4, 0.5) is 11.5 Å². The van der Waals surface area contributed by atoms with Crippen molar-refractivity contribution < 1.29 is 14.4 Å². The molecule has 0 aliphatic carbocycles. The lowest BCUT2D eigenvalue weighted by Gasteiger charge is -2.06. The Morgan fingerprint density at radius 1 is 1.04 bits per heavy atom. The zero-order chi connectivity index (χ0) is 18.9. The van der Waals surface area contributed by atoms with Gasteiger partial charge in [0.25, 0.3) is 0 Å². The van der Waals surface area contributed by atoms with Crippen LogP contribution in [0.25, 0.3) is 0 Å². The largest absolute Gasteiger partial charge is 0.329 e. The van der Waals surface area contributed by atoms with Gasteiger partial charge in [-0.25, -0.2) is 10.4 Å². The minimum absolute atomic E-state index is 0.0453. The number of rotatable bonds is 5. The van der Waals surface area contributed by atoms with Crippen LogP contribution in [-0.2, 0) is 14.4 Å². The molecule has 3 amide bonds. The number of anilines is 2. The van der Waals surface area contributed by atoms with Crippen molar-refractivity contribution in [2.45, 2.75) is 20.3 Å². The number of benzene rings is 1. The number of pyridine rings is 1. The average Bonchev–Trinajstić information content (AvgIpc) is 2.60. The summed E-state index contributed by atoms with van der Waals surface area (Å²) in [4.78, 5) is 39.4. The normalized spacial score (nSPS) is 10.8. The summed E-state index contributed by atoms with van der Waals surface area (Å²) in [6.07, 6.45) is 1.51. The van der Waals surface area contributed by atoms with Gasteiger partial charge in [0.15, 0.2) is 0 Å². The highest BCUT2D eigenvalue weighted by molar-refractivity contribution is 6.39.